The van der Waals surface area contributed by atoms with Crippen molar-refractivity contribution in [1.29, 1.82) is 0 Å². The lowest BCUT2D eigenvalue weighted by Crippen LogP contribution is -2.38. The second kappa shape index (κ2) is 6.30. The molecule has 0 aliphatic carbocycles. The van der Waals surface area contributed by atoms with E-state index >= 15 is 0 Å². The predicted octanol–water partition coefficient (Wildman–Crippen LogP) is 3.46. The highest BCUT2D eigenvalue weighted by atomic mass is 32.2. The van der Waals surface area contributed by atoms with E-state index in [0.29, 0.717) is 19.0 Å². The highest BCUT2D eigenvalue weighted by molar-refractivity contribution is 7.88. The summed E-state index contributed by atoms with van der Waals surface area (Å²) in [6.07, 6.45) is 1.84. The Balaban J connectivity index is 1.63. The molecule has 2 heterocycles. The van der Waals surface area contributed by atoms with Crippen molar-refractivity contribution in [2.75, 3.05) is 13.1 Å². The molecule has 1 fully saturated rings. The summed E-state index contributed by atoms with van der Waals surface area (Å²) < 4.78 is 26.6. The fraction of sp³-hybridized carbons (Fsp3) is 0.375. The molecule has 0 N–H and O–H groups in total. The smallest absolute Gasteiger partial charge is 0.212 e. The van der Waals surface area contributed by atoms with Gasteiger partial charge in [0.1, 0.15) is 0 Å². The molecule has 21 heavy (non-hydrogen) atoms. The maximum absolute atomic E-state index is 12.5. The fourth-order valence-electron chi connectivity index (χ4n) is 2.85. The van der Waals surface area contributed by atoms with E-state index in [4.69, 9.17) is 0 Å². The molecule has 0 spiro atoms. The summed E-state index contributed by atoms with van der Waals surface area (Å²) in [5.41, 5.74) is 2.22. The molecule has 1 aliphatic heterocycles. The van der Waals surface area contributed by atoms with Crippen molar-refractivity contribution in [3.63, 3.8) is 0 Å². The van der Waals surface area contributed by atoms with Crippen molar-refractivity contribution in [2.45, 2.75) is 24.5 Å². The van der Waals surface area contributed by atoms with Gasteiger partial charge in [-0.3, -0.25) is 0 Å². The molecule has 0 radical (unpaired) electrons. The minimum atomic E-state index is -3.19. The maximum Gasteiger partial charge on any atom is 0.218 e. The van der Waals surface area contributed by atoms with Gasteiger partial charge < -0.3 is 0 Å². The van der Waals surface area contributed by atoms with Crippen LogP contribution in [-0.4, -0.2) is 25.8 Å². The predicted molar refractivity (Wildman–Crippen MR) is 86.9 cm³/mol. The van der Waals surface area contributed by atoms with Crippen molar-refractivity contribution < 1.29 is 8.42 Å². The lowest BCUT2D eigenvalue weighted by atomic mass is 9.92. The molecular weight excluding hydrogens is 302 g/mol. The van der Waals surface area contributed by atoms with Crippen LogP contribution in [0.4, 0.5) is 0 Å². The lowest BCUT2D eigenvalue weighted by molar-refractivity contribution is 0.319. The molecule has 3 rings (SSSR count). The molecule has 1 saturated heterocycles. The Hall–Kier alpha value is -1.17. The first-order valence-corrected chi connectivity index (χ1v) is 9.74. The van der Waals surface area contributed by atoms with Crippen molar-refractivity contribution in [1.82, 2.24) is 4.31 Å². The van der Waals surface area contributed by atoms with Gasteiger partial charge in [0.2, 0.25) is 10.0 Å². The number of nitrogens with zero attached hydrogens (tertiary/aromatic N) is 1. The average molecular weight is 321 g/mol. The van der Waals surface area contributed by atoms with Crippen LogP contribution < -0.4 is 0 Å². The Morgan fingerprint density at radius 1 is 1.10 bits per heavy atom. The van der Waals surface area contributed by atoms with Gasteiger partial charge in [-0.25, -0.2) is 12.7 Å². The van der Waals surface area contributed by atoms with Crippen LogP contribution in [0.15, 0.2) is 47.2 Å². The van der Waals surface area contributed by atoms with Crippen LogP contribution in [0.3, 0.4) is 0 Å². The highest BCUT2D eigenvalue weighted by Gasteiger charge is 2.28. The minimum Gasteiger partial charge on any atom is -0.212 e. The fourth-order valence-corrected chi connectivity index (χ4v) is 5.16. The molecule has 5 heteroatoms. The molecule has 0 atom stereocenters. The largest absolute Gasteiger partial charge is 0.218 e. The summed E-state index contributed by atoms with van der Waals surface area (Å²) >= 11 is 1.71. The third kappa shape index (κ3) is 3.54. The maximum atomic E-state index is 12.5. The number of rotatable bonds is 4. The normalized spacial score (nSPS) is 17.9. The second-order valence-corrected chi connectivity index (χ2v) is 8.22. The van der Waals surface area contributed by atoms with E-state index in [1.54, 1.807) is 15.6 Å². The number of sulfonamides is 1. The van der Waals surface area contributed by atoms with Gasteiger partial charge in [-0.05, 0) is 46.7 Å². The zero-order chi connectivity index (χ0) is 14.7. The van der Waals surface area contributed by atoms with Crippen LogP contribution in [0.1, 0.15) is 29.9 Å². The van der Waals surface area contributed by atoms with Gasteiger partial charge >= 0.3 is 0 Å². The number of thiophene rings is 1. The number of hydrogen-bond acceptors (Lipinski definition) is 3. The van der Waals surface area contributed by atoms with E-state index in [1.165, 1.54) is 5.56 Å². The highest BCUT2D eigenvalue weighted by Crippen LogP contribution is 2.30. The standard InChI is InChI=1S/C16H19NO2S2/c18-21(19,13-14-4-2-1-3-5-14)17-9-6-15(7-10-17)16-8-11-20-12-16/h1-5,8,11-12,15H,6-7,9-10,13H2. The van der Waals surface area contributed by atoms with E-state index in [9.17, 15) is 8.42 Å². The molecule has 0 saturated carbocycles. The van der Waals surface area contributed by atoms with Crippen molar-refractivity contribution in [3.8, 4) is 0 Å². The van der Waals surface area contributed by atoms with Crippen LogP contribution in [0.2, 0.25) is 0 Å². The third-order valence-electron chi connectivity index (χ3n) is 4.05. The average Bonchev–Trinajstić information content (AvgIpc) is 3.02. The van der Waals surface area contributed by atoms with Crippen LogP contribution in [-0.2, 0) is 15.8 Å². The Bertz CT molecular complexity index is 658. The van der Waals surface area contributed by atoms with Gasteiger partial charge in [0.05, 0.1) is 5.75 Å². The monoisotopic (exact) mass is 321 g/mol. The molecule has 1 aliphatic rings. The minimum absolute atomic E-state index is 0.108. The Kier molecular flexibility index (Phi) is 4.42. The molecule has 0 unspecified atom stereocenters. The van der Waals surface area contributed by atoms with Gasteiger partial charge in [-0.15, -0.1) is 0 Å². The molecule has 0 bridgehead atoms. The van der Waals surface area contributed by atoms with Gasteiger partial charge in [0.15, 0.2) is 0 Å². The van der Waals surface area contributed by atoms with Crippen molar-refractivity contribution in [2.24, 2.45) is 0 Å². The van der Waals surface area contributed by atoms with Crippen LogP contribution in [0, 0.1) is 0 Å². The van der Waals surface area contributed by atoms with Crippen LogP contribution >= 0.6 is 11.3 Å². The number of hydrogen-bond donors (Lipinski definition) is 0. The molecule has 1 aromatic carbocycles. The van der Waals surface area contributed by atoms with Gasteiger partial charge in [0.25, 0.3) is 0 Å². The van der Waals surface area contributed by atoms with Gasteiger partial charge in [-0.2, -0.15) is 11.3 Å². The third-order valence-corrected chi connectivity index (χ3v) is 6.61. The van der Waals surface area contributed by atoms with Gasteiger partial charge in [0, 0.05) is 13.1 Å². The molecule has 112 valence electrons. The molecular formula is C16H19NO2S2. The van der Waals surface area contributed by atoms with Crippen LogP contribution in [0.25, 0.3) is 0 Å². The van der Waals surface area contributed by atoms with E-state index in [0.717, 1.165) is 18.4 Å². The Labute approximate surface area is 130 Å². The van der Waals surface area contributed by atoms with E-state index < -0.39 is 10.0 Å². The van der Waals surface area contributed by atoms with E-state index in [-0.39, 0.29) is 5.75 Å². The second-order valence-electron chi connectivity index (χ2n) is 5.47. The molecule has 2 aromatic rings. The lowest BCUT2D eigenvalue weighted by Gasteiger charge is -2.31. The first kappa shape index (κ1) is 14.8. The summed E-state index contributed by atoms with van der Waals surface area (Å²) in [6.45, 7) is 1.27. The van der Waals surface area contributed by atoms with Crippen molar-refractivity contribution in [3.05, 3.63) is 58.3 Å². The number of benzene rings is 1. The molecule has 1 aromatic heterocycles. The SMILES string of the molecule is O=S(=O)(Cc1ccccc1)N1CCC(c2ccsc2)CC1. The number of piperidine rings is 1. The van der Waals surface area contributed by atoms with Gasteiger partial charge in [-0.1, -0.05) is 30.3 Å². The van der Waals surface area contributed by atoms with E-state index in [1.807, 2.05) is 30.3 Å². The first-order valence-electron chi connectivity index (χ1n) is 7.19. The molecule has 3 nitrogen and oxygen atoms in total. The Morgan fingerprint density at radius 3 is 2.43 bits per heavy atom. The Morgan fingerprint density at radius 2 is 1.81 bits per heavy atom. The summed E-state index contributed by atoms with van der Waals surface area (Å²) in [6, 6.07) is 11.6. The first-order chi connectivity index (χ1) is 10.1. The molecule has 0 amide bonds. The quantitative estimate of drug-likeness (QED) is 0.865. The summed E-state index contributed by atoms with van der Waals surface area (Å²) in [5, 5.41) is 4.27. The zero-order valence-electron chi connectivity index (χ0n) is 11.8. The zero-order valence-corrected chi connectivity index (χ0v) is 13.4. The summed E-state index contributed by atoms with van der Waals surface area (Å²) in [7, 11) is -3.19. The van der Waals surface area contributed by atoms with E-state index in [2.05, 4.69) is 16.8 Å². The van der Waals surface area contributed by atoms with Crippen molar-refractivity contribution >= 4 is 21.4 Å². The summed E-state index contributed by atoms with van der Waals surface area (Å²) in [4.78, 5) is 0. The summed E-state index contributed by atoms with van der Waals surface area (Å²) in [5.74, 6) is 0.621. The topological polar surface area (TPSA) is 37.4 Å². The van der Waals surface area contributed by atoms with Crippen LogP contribution in [0.5, 0.6) is 0 Å².